The molecular weight excluding hydrogens is 903 g/mol. The summed E-state index contributed by atoms with van der Waals surface area (Å²) in [6.07, 6.45) is 7.34. The van der Waals surface area contributed by atoms with Crippen LogP contribution in [0.5, 0.6) is 0 Å². The van der Waals surface area contributed by atoms with Crippen LogP contribution in [-0.4, -0.2) is 140 Å². The summed E-state index contributed by atoms with van der Waals surface area (Å²) in [7, 11) is 0. The highest BCUT2D eigenvalue weighted by Crippen LogP contribution is 2.13. The number of nitrogens with zero attached hydrogens (tertiary/aromatic N) is 1. The lowest BCUT2D eigenvalue weighted by atomic mass is 10.0. The minimum absolute atomic E-state index is 0.0271. The first kappa shape index (κ1) is 63.1. The summed E-state index contributed by atoms with van der Waals surface area (Å²) in [6.45, 7) is 8.59. The van der Waals surface area contributed by atoms with Gasteiger partial charge in [-0.3, -0.25) is 43.2 Å². The number of primary amides is 1. The van der Waals surface area contributed by atoms with Gasteiger partial charge in [0.1, 0.15) is 36.3 Å². The fraction of sp³-hybridized carbons (Fsp3) is 0.812. The van der Waals surface area contributed by atoms with Crippen molar-refractivity contribution in [3.63, 3.8) is 0 Å². The third kappa shape index (κ3) is 26.9. The van der Waals surface area contributed by atoms with E-state index in [1.807, 2.05) is 27.7 Å². The van der Waals surface area contributed by atoms with Crippen LogP contribution in [-0.2, 0) is 43.2 Å². The van der Waals surface area contributed by atoms with Gasteiger partial charge in [0, 0.05) is 25.9 Å². The number of carbonyl (C=O) groups is 9. The molecule has 0 bridgehead atoms. The van der Waals surface area contributed by atoms with Crippen LogP contribution in [0.2, 0.25) is 0 Å². The second-order valence-corrected chi connectivity index (χ2v) is 19.2. The van der Waals surface area contributed by atoms with Crippen LogP contribution in [0.25, 0.3) is 0 Å². The first-order valence-electron chi connectivity index (χ1n) is 25.8. The van der Waals surface area contributed by atoms with Crippen LogP contribution in [0, 0.1) is 11.8 Å². The Morgan fingerprint density at radius 3 is 1.64 bits per heavy atom. The van der Waals surface area contributed by atoms with Gasteiger partial charge in [-0.1, -0.05) is 27.7 Å². The number of carbonyl (C=O) groups excluding carboxylic acids is 9. The molecule has 6 atom stereocenters. The summed E-state index contributed by atoms with van der Waals surface area (Å²) in [6, 6.07) is -6.16. The lowest BCUT2D eigenvalue weighted by Crippen LogP contribution is -2.58. The molecule has 1 heterocycles. The van der Waals surface area contributed by atoms with Gasteiger partial charge < -0.3 is 70.8 Å². The Hall–Kier alpha value is -4.93. The number of amides is 9. The quantitative estimate of drug-likeness (QED) is 0.0504. The van der Waals surface area contributed by atoms with Crippen LogP contribution < -0.4 is 65.9 Å². The molecule has 70 heavy (non-hydrogen) atoms. The molecule has 17 N–H and O–H groups in total. The lowest BCUT2D eigenvalue weighted by Gasteiger charge is -2.30. The first-order chi connectivity index (χ1) is 33.4. The Kier molecular flexibility index (Phi) is 33.3. The molecule has 0 spiro atoms. The SMILES string of the molecule is CC(C)C[C@H](NC(=O)[C@H](CCCCN)NC(=O)CN1CCCCCNC(=O)[C@H](C(C)C)NC(=O)CCCCC(=O)N[C@@H](CCCCN)C(=O)N[C@@H](CCCCN)C(=O)N[C@@H](CCCCN)C1=O)C(N)=O. The van der Waals surface area contributed by atoms with E-state index in [4.69, 9.17) is 28.7 Å². The van der Waals surface area contributed by atoms with Crippen molar-refractivity contribution in [1.82, 2.24) is 42.1 Å². The standard InChI is InChI=1S/C48H91N13O9/c1-32(2)30-38(43(53)65)59-45(67)35(19-9-13-25-50)56-41(64)31-61-29-17-5-16-28-54-47(69)42(33(3)4)60-40(63)23-7-6-22-39(62)55-34(18-8-12-24-49)44(66)57-36(20-10-14-26-51)46(68)58-37(48(61)70)21-11-15-27-52/h32-38,42H,5-31,49-52H2,1-4H3,(H2,53,65)(H,54,69)(H,55,62)(H,56,64)(H,57,66)(H,58,68)(H,59,67)(H,60,63)/t34-,35-,36-,37-,38-,42-/m0/s1. The van der Waals surface area contributed by atoms with Crippen molar-refractivity contribution in [2.45, 2.75) is 192 Å². The smallest absolute Gasteiger partial charge is 0.245 e. The molecule has 0 aromatic rings. The molecular formula is C48H91N13O9. The summed E-state index contributed by atoms with van der Waals surface area (Å²) in [5, 5.41) is 19.6. The van der Waals surface area contributed by atoms with Crippen molar-refractivity contribution in [1.29, 1.82) is 0 Å². The summed E-state index contributed by atoms with van der Waals surface area (Å²) in [5.74, 6) is -5.12. The molecule has 0 saturated carbocycles. The van der Waals surface area contributed by atoms with E-state index in [0.717, 1.165) is 0 Å². The zero-order valence-electron chi connectivity index (χ0n) is 42.7. The van der Waals surface area contributed by atoms with Crippen molar-refractivity contribution in [2.24, 2.45) is 40.5 Å². The Morgan fingerprint density at radius 2 is 1.11 bits per heavy atom. The van der Waals surface area contributed by atoms with Gasteiger partial charge in [-0.15, -0.1) is 0 Å². The maximum atomic E-state index is 14.7. The van der Waals surface area contributed by atoms with Gasteiger partial charge in [0.25, 0.3) is 0 Å². The Bertz CT molecular complexity index is 1620. The molecule has 1 aliphatic rings. The molecule has 0 aromatic heterocycles. The molecule has 402 valence electrons. The van der Waals surface area contributed by atoms with Crippen molar-refractivity contribution in [2.75, 3.05) is 45.8 Å². The lowest BCUT2D eigenvalue weighted by molar-refractivity contribution is -0.141. The third-order valence-electron chi connectivity index (χ3n) is 12.1. The highest BCUT2D eigenvalue weighted by Gasteiger charge is 2.33. The maximum absolute atomic E-state index is 14.7. The van der Waals surface area contributed by atoms with Crippen molar-refractivity contribution in [3.8, 4) is 0 Å². The second-order valence-electron chi connectivity index (χ2n) is 19.2. The molecule has 9 amide bonds. The van der Waals surface area contributed by atoms with Gasteiger partial charge in [-0.05, 0) is 154 Å². The predicted octanol–water partition coefficient (Wildman–Crippen LogP) is -0.712. The molecule has 0 radical (unpaired) electrons. The normalized spacial score (nSPS) is 21.0. The monoisotopic (exact) mass is 994 g/mol. The van der Waals surface area contributed by atoms with E-state index in [-0.39, 0.29) is 81.7 Å². The zero-order chi connectivity index (χ0) is 52.4. The Balaban J connectivity index is 3.71. The Morgan fingerprint density at radius 1 is 0.600 bits per heavy atom. The fourth-order valence-electron chi connectivity index (χ4n) is 8.01. The minimum atomic E-state index is -1.16. The number of nitrogens with two attached hydrogens (primary N) is 5. The van der Waals surface area contributed by atoms with Crippen molar-refractivity contribution >= 4 is 53.2 Å². The van der Waals surface area contributed by atoms with E-state index in [9.17, 15) is 43.2 Å². The molecule has 0 unspecified atom stereocenters. The number of unbranched alkanes of at least 4 members (excludes halogenated alkanes) is 4. The molecule has 1 rings (SSSR count). The highest BCUT2D eigenvalue weighted by atomic mass is 16.2. The fourth-order valence-corrected chi connectivity index (χ4v) is 8.01. The zero-order valence-corrected chi connectivity index (χ0v) is 42.7. The van der Waals surface area contributed by atoms with Gasteiger partial charge in [-0.2, -0.15) is 0 Å². The summed E-state index contributed by atoms with van der Waals surface area (Å²) in [5.41, 5.74) is 28.7. The van der Waals surface area contributed by atoms with E-state index in [0.29, 0.717) is 110 Å². The number of nitrogens with one attached hydrogen (secondary N) is 7. The van der Waals surface area contributed by atoms with E-state index in [1.165, 1.54) is 4.90 Å². The molecule has 0 aromatic carbocycles. The van der Waals surface area contributed by atoms with Gasteiger partial charge in [0.05, 0.1) is 6.54 Å². The maximum Gasteiger partial charge on any atom is 0.245 e. The topological polar surface area (TPSA) is 371 Å². The van der Waals surface area contributed by atoms with Crippen LogP contribution in [0.3, 0.4) is 0 Å². The molecule has 22 heteroatoms. The summed E-state index contributed by atoms with van der Waals surface area (Å²) in [4.78, 5) is 124. The molecule has 0 aliphatic carbocycles. The molecule has 1 saturated heterocycles. The predicted molar refractivity (Wildman–Crippen MR) is 269 cm³/mol. The van der Waals surface area contributed by atoms with Crippen LogP contribution in [0.15, 0.2) is 0 Å². The average molecular weight is 994 g/mol. The largest absolute Gasteiger partial charge is 0.368 e. The first-order valence-corrected chi connectivity index (χ1v) is 25.8. The number of rotatable bonds is 25. The van der Waals surface area contributed by atoms with Crippen molar-refractivity contribution < 1.29 is 43.2 Å². The van der Waals surface area contributed by atoms with E-state index < -0.39 is 84.1 Å². The summed E-state index contributed by atoms with van der Waals surface area (Å²) >= 11 is 0. The van der Waals surface area contributed by atoms with Gasteiger partial charge in [0.15, 0.2) is 0 Å². The third-order valence-corrected chi connectivity index (χ3v) is 12.1. The van der Waals surface area contributed by atoms with Gasteiger partial charge >= 0.3 is 0 Å². The molecule has 1 fully saturated rings. The number of hydrogen-bond acceptors (Lipinski definition) is 13. The van der Waals surface area contributed by atoms with Crippen LogP contribution in [0.4, 0.5) is 0 Å². The minimum Gasteiger partial charge on any atom is -0.368 e. The van der Waals surface area contributed by atoms with Crippen LogP contribution in [0.1, 0.15) is 156 Å². The van der Waals surface area contributed by atoms with E-state index in [1.54, 1.807) is 0 Å². The van der Waals surface area contributed by atoms with E-state index >= 15 is 0 Å². The molecule has 1 aliphatic heterocycles. The van der Waals surface area contributed by atoms with Crippen LogP contribution >= 0.6 is 0 Å². The van der Waals surface area contributed by atoms with Crippen molar-refractivity contribution in [3.05, 3.63) is 0 Å². The summed E-state index contributed by atoms with van der Waals surface area (Å²) < 4.78 is 0. The average Bonchev–Trinajstić information content (AvgIpc) is 3.30. The van der Waals surface area contributed by atoms with Gasteiger partial charge in [-0.25, -0.2) is 0 Å². The molecule has 22 nitrogen and oxygen atoms in total. The number of hydrogen-bond donors (Lipinski definition) is 12. The highest BCUT2D eigenvalue weighted by molar-refractivity contribution is 5.96. The van der Waals surface area contributed by atoms with E-state index in [2.05, 4.69) is 37.2 Å². The second kappa shape index (κ2) is 36.9. The Labute approximate surface area is 416 Å². The van der Waals surface area contributed by atoms with Gasteiger partial charge in [0.2, 0.25) is 53.2 Å².